The lowest BCUT2D eigenvalue weighted by Gasteiger charge is -2.06. The predicted molar refractivity (Wildman–Crippen MR) is 84.3 cm³/mol. The minimum absolute atomic E-state index is 0.00128. The molecule has 1 aliphatic heterocycles. The molecule has 3 aromatic rings. The SMILES string of the molecule is NC(=O)c1ccc2c(c1)C(=O)c1nc3cc(Cl)ccc3c(=O)n1-2. The number of aromatic nitrogens is 2. The Bertz CT molecular complexity index is 1100. The molecule has 0 radical (unpaired) electrons. The van der Waals surface area contributed by atoms with Crippen LogP contribution in [-0.4, -0.2) is 21.2 Å². The topological polar surface area (TPSA) is 95.1 Å². The number of nitrogens with zero attached hydrogens (tertiary/aromatic N) is 2. The molecule has 0 atom stereocenters. The molecule has 7 heteroatoms. The standard InChI is InChI=1S/C16H8ClN3O3/c17-8-2-3-9-11(6-8)19-15-13(21)10-5-7(14(18)22)1-4-12(10)20(15)16(9)23/h1-6H,(H2,18,22). The summed E-state index contributed by atoms with van der Waals surface area (Å²) in [4.78, 5) is 40.8. The van der Waals surface area contributed by atoms with E-state index in [0.717, 1.165) is 0 Å². The third-order valence-corrected chi connectivity index (χ3v) is 4.04. The summed E-state index contributed by atoms with van der Waals surface area (Å²) >= 11 is 5.92. The number of halogens is 1. The number of primary amides is 1. The van der Waals surface area contributed by atoms with Crippen LogP contribution in [0.4, 0.5) is 0 Å². The Balaban J connectivity index is 2.09. The van der Waals surface area contributed by atoms with Crippen LogP contribution in [0.5, 0.6) is 0 Å². The number of hydrogen-bond acceptors (Lipinski definition) is 4. The van der Waals surface area contributed by atoms with Gasteiger partial charge in [0.2, 0.25) is 11.7 Å². The molecule has 2 aromatic carbocycles. The Hall–Kier alpha value is -2.99. The third-order valence-electron chi connectivity index (χ3n) is 3.80. The van der Waals surface area contributed by atoms with Crippen LogP contribution < -0.4 is 11.3 Å². The third kappa shape index (κ3) is 1.82. The van der Waals surface area contributed by atoms with Crippen LogP contribution >= 0.6 is 11.6 Å². The van der Waals surface area contributed by atoms with E-state index in [2.05, 4.69) is 4.98 Å². The first-order valence-corrected chi connectivity index (χ1v) is 7.06. The van der Waals surface area contributed by atoms with E-state index in [1.54, 1.807) is 12.1 Å². The van der Waals surface area contributed by atoms with Gasteiger partial charge in [-0.2, -0.15) is 0 Å². The molecule has 2 N–H and O–H groups in total. The molecule has 1 aliphatic rings. The van der Waals surface area contributed by atoms with Gasteiger partial charge in [-0.25, -0.2) is 4.98 Å². The molecule has 4 rings (SSSR count). The lowest BCUT2D eigenvalue weighted by molar-refractivity contribution is 0.1000. The molecule has 0 saturated heterocycles. The van der Waals surface area contributed by atoms with Crippen molar-refractivity contribution in [3.8, 4) is 5.69 Å². The van der Waals surface area contributed by atoms with Crippen molar-refractivity contribution in [3.05, 3.63) is 68.7 Å². The van der Waals surface area contributed by atoms with Gasteiger partial charge in [-0.05, 0) is 36.4 Å². The molecule has 0 fully saturated rings. The average molecular weight is 326 g/mol. The van der Waals surface area contributed by atoms with E-state index in [1.165, 1.54) is 28.8 Å². The fraction of sp³-hybridized carbons (Fsp3) is 0. The van der Waals surface area contributed by atoms with Gasteiger partial charge in [-0.3, -0.25) is 19.0 Å². The quantitative estimate of drug-likeness (QED) is 0.576. The smallest absolute Gasteiger partial charge is 0.266 e. The summed E-state index contributed by atoms with van der Waals surface area (Å²) in [6.07, 6.45) is 0. The summed E-state index contributed by atoms with van der Waals surface area (Å²) < 4.78 is 1.25. The fourth-order valence-electron chi connectivity index (χ4n) is 2.72. The van der Waals surface area contributed by atoms with E-state index in [-0.39, 0.29) is 22.5 Å². The molecule has 23 heavy (non-hydrogen) atoms. The second kappa shape index (κ2) is 4.50. The highest BCUT2D eigenvalue weighted by molar-refractivity contribution is 6.31. The van der Waals surface area contributed by atoms with Gasteiger partial charge in [-0.15, -0.1) is 0 Å². The van der Waals surface area contributed by atoms with Gasteiger partial charge < -0.3 is 5.73 Å². The van der Waals surface area contributed by atoms with E-state index < -0.39 is 11.7 Å². The van der Waals surface area contributed by atoms with Gasteiger partial charge in [0.05, 0.1) is 22.2 Å². The zero-order chi connectivity index (χ0) is 16.3. The van der Waals surface area contributed by atoms with Crippen LogP contribution in [0.3, 0.4) is 0 Å². The summed E-state index contributed by atoms with van der Waals surface area (Å²) in [5.74, 6) is -1.07. The second-order valence-electron chi connectivity index (χ2n) is 5.16. The summed E-state index contributed by atoms with van der Waals surface area (Å²) in [6.45, 7) is 0. The van der Waals surface area contributed by atoms with Crippen molar-refractivity contribution in [1.82, 2.24) is 9.55 Å². The molecule has 1 aromatic heterocycles. The number of carbonyl (C=O) groups excluding carboxylic acids is 2. The summed E-state index contributed by atoms with van der Waals surface area (Å²) in [5, 5.41) is 0.783. The molecule has 0 aliphatic carbocycles. The molecular weight excluding hydrogens is 318 g/mol. The van der Waals surface area contributed by atoms with Crippen molar-refractivity contribution < 1.29 is 9.59 Å². The number of amides is 1. The molecule has 0 unspecified atom stereocenters. The fourth-order valence-corrected chi connectivity index (χ4v) is 2.89. The molecule has 0 bridgehead atoms. The van der Waals surface area contributed by atoms with Gasteiger partial charge in [0.25, 0.3) is 5.56 Å². The maximum Gasteiger partial charge on any atom is 0.266 e. The number of benzene rings is 2. The Labute approximate surface area is 134 Å². The van der Waals surface area contributed by atoms with E-state index in [9.17, 15) is 14.4 Å². The zero-order valence-electron chi connectivity index (χ0n) is 11.5. The lowest BCUT2D eigenvalue weighted by atomic mass is 10.1. The normalized spacial score (nSPS) is 12.3. The van der Waals surface area contributed by atoms with Crippen molar-refractivity contribution in [3.63, 3.8) is 0 Å². The monoisotopic (exact) mass is 325 g/mol. The van der Waals surface area contributed by atoms with Gasteiger partial charge in [0.1, 0.15) is 0 Å². The highest BCUT2D eigenvalue weighted by Crippen LogP contribution is 2.27. The first kappa shape index (κ1) is 13.7. The van der Waals surface area contributed by atoms with Crippen molar-refractivity contribution in [2.45, 2.75) is 0 Å². The van der Waals surface area contributed by atoms with Crippen LogP contribution in [0.25, 0.3) is 16.6 Å². The number of rotatable bonds is 1. The largest absolute Gasteiger partial charge is 0.366 e. The summed E-state index contributed by atoms with van der Waals surface area (Å²) in [5.41, 5.74) is 6.05. The van der Waals surface area contributed by atoms with Gasteiger partial charge in [-0.1, -0.05) is 11.6 Å². The van der Waals surface area contributed by atoms with Crippen LogP contribution in [0, 0.1) is 0 Å². The van der Waals surface area contributed by atoms with Crippen LogP contribution in [0.1, 0.15) is 26.5 Å². The minimum atomic E-state index is -0.645. The van der Waals surface area contributed by atoms with Crippen LogP contribution in [0.15, 0.2) is 41.2 Å². The second-order valence-corrected chi connectivity index (χ2v) is 5.60. The van der Waals surface area contributed by atoms with E-state index in [4.69, 9.17) is 17.3 Å². The zero-order valence-corrected chi connectivity index (χ0v) is 12.3. The van der Waals surface area contributed by atoms with Crippen molar-refractivity contribution in [1.29, 1.82) is 0 Å². The molecule has 0 saturated carbocycles. The van der Waals surface area contributed by atoms with Crippen molar-refractivity contribution in [2.75, 3.05) is 0 Å². The molecule has 6 nitrogen and oxygen atoms in total. The predicted octanol–water partition coefficient (Wildman–Crippen LogP) is 1.68. The minimum Gasteiger partial charge on any atom is -0.366 e. The molecule has 0 spiro atoms. The first-order valence-electron chi connectivity index (χ1n) is 6.68. The Morgan fingerprint density at radius 3 is 2.65 bits per heavy atom. The Kier molecular flexibility index (Phi) is 2.67. The Morgan fingerprint density at radius 1 is 1.13 bits per heavy atom. The number of ketones is 1. The van der Waals surface area contributed by atoms with Gasteiger partial charge in [0, 0.05) is 10.6 Å². The van der Waals surface area contributed by atoms with E-state index in [1.807, 2.05) is 0 Å². The first-order chi connectivity index (χ1) is 11.0. The van der Waals surface area contributed by atoms with Crippen LogP contribution in [0.2, 0.25) is 5.02 Å². The van der Waals surface area contributed by atoms with Gasteiger partial charge >= 0.3 is 0 Å². The average Bonchev–Trinajstić information content (AvgIpc) is 2.80. The Morgan fingerprint density at radius 2 is 1.91 bits per heavy atom. The lowest BCUT2D eigenvalue weighted by Crippen LogP contribution is -2.21. The van der Waals surface area contributed by atoms with Crippen molar-refractivity contribution in [2.24, 2.45) is 5.73 Å². The summed E-state index contributed by atoms with van der Waals surface area (Å²) in [6, 6.07) is 9.07. The summed E-state index contributed by atoms with van der Waals surface area (Å²) in [7, 11) is 0. The maximum absolute atomic E-state index is 12.7. The number of fused-ring (bicyclic) bond motifs is 4. The maximum atomic E-state index is 12.7. The van der Waals surface area contributed by atoms with E-state index in [0.29, 0.717) is 21.6 Å². The molecule has 112 valence electrons. The van der Waals surface area contributed by atoms with Crippen molar-refractivity contribution >= 4 is 34.2 Å². The number of hydrogen-bond donors (Lipinski definition) is 1. The number of carbonyl (C=O) groups is 2. The molecule has 1 amide bonds. The highest BCUT2D eigenvalue weighted by Gasteiger charge is 2.30. The number of nitrogens with two attached hydrogens (primary N) is 1. The highest BCUT2D eigenvalue weighted by atomic mass is 35.5. The van der Waals surface area contributed by atoms with E-state index >= 15 is 0 Å². The molecular formula is C16H8ClN3O3. The molecule has 2 heterocycles. The van der Waals surface area contributed by atoms with Gasteiger partial charge in [0.15, 0.2) is 5.82 Å². The van der Waals surface area contributed by atoms with Crippen LogP contribution in [-0.2, 0) is 0 Å².